The van der Waals surface area contributed by atoms with Gasteiger partial charge in [-0.1, -0.05) is 30.3 Å². The van der Waals surface area contributed by atoms with Crippen LogP contribution in [0.5, 0.6) is 5.75 Å². The number of aliphatic hydroxyl groups is 1. The Hall–Kier alpha value is -2.07. The molecular weight excluding hydrogens is 269 g/mol. The lowest BCUT2D eigenvalue weighted by Crippen LogP contribution is -2.29. The van der Waals surface area contributed by atoms with Crippen molar-refractivity contribution in [3.63, 3.8) is 0 Å². The molecule has 0 fully saturated rings. The second kappa shape index (κ2) is 6.14. The number of nitrogens with zero attached hydrogens (tertiary/aromatic N) is 1. The molecule has 1 aliphatic rings. The first-order valence-electron chi connectivity index (χ1n) is 7.15. The number of hydrogen-bond donors (Lipinski definition) is 1. The fraction of sp³-hybridized carbons (Fsp3) is 0.294. The predicted molar refractivity (Wildman–Crippen MR) is 80.1 cm³/mol. The lowest BCUT2D eigenvalue weighted by Gasteiger charge is -2.26. The lowest BCUT2D eigenvalue weighted by molar-refractivity contribution is 0.178. The molecule has 0 aliphatic carbocycles. The Morgan fingerprint density at radius 2 is 1.90 bits per heavy atom. The molecule has 3 rings (SSSR count). The third-order valence-corrected chi connectivity index (χ3v) is 3.69. The molecule has 3 nitrogen and oxygen atoms in total. The van der Waals surface area contributed by atoms with Crippen molar-refractivity contribution in [2.75, 3.05) is 24.6 Å². The standard InChI is InChI=1S/C17H18FNO2/c18-14-7-2-1-6-13(14)16(20)12-19-10-5-11-21-17-9-4-3-8-15(17)19/h1-4,6-9,16,20H,5,10-12H2. The van der Waals surface area contributed by atoms with Gasteiger partial charge in [0.15, 0.2) is 0 Å². The van der Waals surface area contributed by atoms with E-state index in [1.54, 1.807) is 18.2 Å². The van der Waals surface area contributed by atoms with E-state index in [9.17, 15) is 9.50 Å². The van der Waals surface area contributed by atoms with Gasteiger partial charge in [-0.05, 0) is 24.6 Å². The SMILES string of the molecule is OC(CN1CCCOc2ccccc21)c1ccccc1F. The van der Waals surface area contributed by atoms with Gasteiger partial charge in [0.25, 0.3) is 0 Å². The van der Waals surface area contributed by atoms with E-state index in [0.29, 0.717) is 18.7 Å². The first kappa shape index (κ1) is 13.9. The molecule has 0 radical (unpaired) electrons. The van der Waals surface area contributed by atoms with E-state index in [-0.39, 0.29) is 5.82 Å². The lowest BCUT2D eigenvalue weighted by atomic mass is 10.1. The molecule has 110 valence electrons. The second-order valence-electron chi connectivity index (χ2n) is 5.15. The van der Waals surface area contributed by atoms with Crippen molar-refractivity contribution in [2.45, 2.75) is 12.5 Å². The monoisotopic (exact) mass is 287 g/mol. The third-order valence-electron chi connectivity index (χ3n) is 3.69. The Bertz CT molecular complexity index is 617. The van der Waals surface area contributed by atoms with Crippen molar-refractivity contribution in [2.24, 2.45) is 0 Å². The number of β-amino-alcohol motifs (C(OH)–C–C–N with tert-alkyl or cyclic N) is 1. The molecule has 0 amide bonds. The summed E-state index contributed by atoms with van der Waals surface area (Å²) in [4.78, 5) is 2.06. The van der Waals surface area contributed by atoms with E-state index in [1.807, 2.05) is 24.3 Å². The summed E-state index contributed by atoms with van der Waals surface area (Å²) < 4.78 is 19.5. The minimum Gasteiger partial charge on any atom is -0.491 e. The molecular formula is C17H18FNO2. The van der Waals surface area contributed by atoms with Gasteiger partial charge in [-0.2, -0.15) is 0 Å². The van der Waals surface area contributed by atoms with Crippen molar-refractivity contribution < 1.29 is 14.2 Å². The number of fused-ring (bicyclic) bond motifs is 1. The maximum Gasteiger partial charge on any atom is 0.142 e. The summed E-state index contributed by atoms with van der Waals surface area (Å²) >= 11 is 0. The number of rotatable bonds is 3. The molecule has 0 bridgehead atoms. The Morgan fingerprint density at radius 3 is 2.76 bits per heavy atom. The molecule has 1 atom stereocenters. The van der Waals surface area contributed by atoms with Gasteiger partial charge in [-0.15, -0.1) is 0 Å². The molecule has 1 aliphatic heterocycles. The van der Waals surface area contributed by atoms with Gasteiger partial charge in [-0.3, -0.25) is 0 Å². The van der Waals surface area contributed by atoms with E-state index in [1.165, 1.54) is 6.07 Å². The Morgan fingerprint density at radius 1 is 1.14 bits per heavy atom. The van der Waals surface area contributed by atoms with Crippen LogP contribution in [0.2, 0.25) is 0 Å². The third kappa shape index (κ3) is 3.00. The van der Waals surface area contributed by atoms with Crippen LogP contribution < -0.4 is 9.64 Å². The van der Waals surface area contributed by atoms with Crippen molar-refractivity contribution in [1.29, 1.82) is 0 Å². The summed E-state index contributed by atoms with van der Waals surface area (Å²) in [5.74, 6) is 0.445. The summed E-state index contributed by atoms with van der Waals surface area (Å²) in [6.45, 7) is 1.78. The molecule has 0 spiro atoms. The van der Waals surface area contributed by atoms with Gasteiger partial charge >= 0.3 is 0 Å². The van der Waals surface area contributed by atoms with Crippen LogP contribution in [-0.2, 0) is 0 Å². The molecule has 1 unspecified atom stereocenters. The van der Waals surface area contributed by atoms with Gasteiger partial charge in [0.05, 0.1) is 18.4 Å². The Kier molecular flexibility index (Phi) is 4.06. The van der Waals surface area contributed by atoms with E-state index < -0.39 is 6.10 Å². The average molecular weight is 287 g/mol. The van der Waals surface area contributed by atoms with Crippen molar-refractivity contribution in [3.05, 3.63) is 59.9 Å². The van der Waals surface area contributed by atoms with Gasteiger partial charge in [0.2, 0.25) is 0 Å². The summed E-state index contributed by atoms with van der Waals surface area (Å²) in [6, 6.07) is 14.1. The second-order valence-corrected chi connectivity index (χ2v) is 5.15. The summed E-state index contributed by atoms with van der Waals surface area (Å²) in [5, 5.41) is 10.3. The maximum atomic E-state index is 13.8. The van der Waals surface area contributed by atoms with Crippen LogP contribution in [-0.4, -0.2) is 24.8 Å². The first-order valence-corrected chi connectivity index (χ1v) is 7.15. The van der Waals surface area contributed by atoms with E-state index in [2.05, 4.69) is 4.90 Å². The molecule has 0 saturated carbocycles. The minimum atomic E-state index is -0.864. The maximum absolute atomic E-state index is 13.8. The van der Waals surface area contributed by atoms with Crippen LogP contribution in [0.3, 0.4) is 0 Å². The number of halogens is 1. The fourth-order valence-corrected chi connectivity index (χ4v) is 2.64. The molecule has 21 heavy (non-hydrogen) atoms. The van der Waals surface area contributed by atoms with Gasteiger partial charge in [0.1, 0.15) is 11.6 Å². The molecule has 0 saturated heterocycles. The van der Waals surface area contributed by atoms with Crippen LogP contribution >= 0.6 is 0 Å². The normalized spacial score (nSPS) is 15.8. The van der Waals surface area contributed by atoms with Gasteiger partial charge < -0.3 is 14.7 Å². The van der Waals surface area contributed by atoms with Crippen LogP contribution in [0.25, 0.3) is 0 Å². The van der Waals surface area contributed by atoms with Crippen LogP contribution in [0.4, 0.5) is 10.1 Å². The average Bonchev–Trinajstić information content (AvgIpc) is 2.70. The summed E-state index contributed by atoms with van der Waals surface area (Å²) in [5.41, 5.74) is 1.28. The quantitative estimate of drug-likeness (QED) is 0.941. The van der Waals surface area contributed by atoms with Crippen molar-refractivity contribution in [3.8, 4) is 5.75 Å². The number of benzene rings is 2. The van der Waals surface area contributed by atoms with Crippen molar-refractivity contribution in [1.82, 2.24) is 0 Å². The van der Waals surface area contributed by atoms with E-state index in [4.69, 9.17) is 4.74 Å². The summed E-state index contributed by atoms with van der Waals surface area (Å²) in [6.07, 6.45) is 0.0101. The first-order chi connectivity index (χ1) is 10.3. The number of anilines is 1. The highest BCUT2D eigenvalue weighted by Gasteiger charge is 2.20. The number of aliphatic hydroxyl groups excluding tert-OH is 1. The fourth-order valence-electron chi connectivity index (χ4n) is 2.64. The van der Waals surface area contributed by atoms with E-state index in [0.717, 1.165) is 24.4 Å². The number of para-hydroxylation sites is 2. The number of ether oxygens (including phenoxy) is 1. The van der Waals surface area contributed by atoms with Crippen LogP contribution in [0.1, 0.15) is 18.1 Å². The topological polar surface area (TPSA) is 32.7 Å². The highest BCUT2D eigenvalue weighted by atomic mass is 19.1. The van der Waals surface area contributed by atoms with Crippen LogP contribution in [0, 0.1) is 5.82 Å². The van der Waals surface area contributed by atoms with E-state index >= 15 is 0 Å². The molecule has 1 N–H and O–H groups in total. The zero-order valence-electron chi connectivity index (χ0n) is 11.7. The summed E-state index contributed by atoms with van der Waals surface area (Å²) in [7, 11) is 0. The predicted octanol–water partition coefficient (Wildman–Crippen LogP) is 3.15. The van der Waals surface area contributed by atoms with Gasteiger partial charge in [0, 0.05) is 18.7 Å². The Balaban J connectivity index is 1.83. The molecule has 4 heteroatoms. The Labute approximate surface area is 123 Å². The highest BCUT2D eigenvalue weighted by Crippen LogP contribution is 2.32. The van der Waals surface area contributed by atoms with Crippen LogP contribution in [0.15, 0.2) is 48.5 Å². The smallest absolute Gasteiger partial charge is 0.142 e. The molecule has 2 aromatic rings. The zero-order valence-corrected chi connectivity index (χ0v) is 11.7. The van der Waals surface area contributed by atoms with Crippen molar-refractivity contribution >= 4 is 5.69 Å². The molecule has 0 aromatic heterocycles. The zero-order chi connectivity index (χ0) is 14.7. The van der Waals surface area contributed by atoms with Gasteiger partial charge in [-0.25, -0.2) is 4.39 Å². The minimum absolute atomic E-state index is 0.333. The highest BCUT2D eigenvalue weighted by molar-refractivity contribution is 5.59. The molecule has 1 heterocycles. The molecule has 2 aromatic carbocycles. The largest absolute Gasteiger partial charge is 0.491 e. The number of hydrogen-bond acceptors (Lipinski definition) is 3.